The number of amidine groups is 1. The molecule has 0 saturated carbocycles. The lowest BCUT2D eigenvalue weighted by Crippen LogP contribution is -2.19. The molecule has 1 amide bonds. The Labute approximate surface area is 181 Å². The predicted molar refractivity (Wildman–Crippen MR) is 116 cm³/mol. The molecule has 3 rings (SSSR count). The smallest absolute Gasteiger partial charge is 0.264 e. The third-order valence-corrected chi connectivity index (χ3v) is 5.72. The number of ether oxygens (including phenoxy) is 2. The number of hydrogen-bond donors (Lipinski definition) is 1. The molecule has 1 aliphatic rings. The fraction of sp³-hybridized carbons (Fsp3) is 0.158. The summed E-state index contributed by atoms with van der Waals surface area (Å²) in [4.78, 5) is 17.1. The first-order valence-corrected chi connectivity index (χ1v) is 10.1. The number of carbonyl (C=O) groups is 1. The largest absolute Gasteiger partial charge is 0.493 e. The SMILES string of the molecule is CCOc1cc(/C=C2/SC(=Nc3cccc(Cl)c3Cl)NC2=O)c(Cl)cc1OC. The van der Waals surface area contributed by atoms with E-state index in [0.29, 0.717) is 54.5 Å². The van der Waals surface area contributed by atoms with Crippen LogP contribution in [0.15, 0.2) is 40.2 Å². The molecule has 0 spiro atoms. The van der Waals surface area contributed by atoms with Crippen molar-refractivity contribution < 1.29 is 14.3 Å². The second-order valence-corrected chi connectivity index (χ2v) is 7.74. The Balaban J connectivity index is 1.92. The summed E-state index contributed by atoms with van der Waals surface area (Å²) in [6, 6.07) is 8.50. The van der Waals surface area contributed by atoms with Gasteiger partial charge in [0.25, 0.3) is 5.91 Å². The van der Waals surface area contributed by atoms with E-state index in [2.05, 4.69) is 10.3 Å². The van der Waals surface area contributed by atoms with Crippen LogP contribution in [0.3, 0.4) is 0 Å². The van der Waals surface area contributed by atoms with E-state index in [1.54, 1.807) is 36.4 Å². The predicted octanol–water partition coefficient (Wildman–Crippen LogP) is 5.95. The fourth-order valence-corrected chi connectivity index (χ4v) is 3.77. The highest BCUT2D eigenvalue weighted by atomic mass is 35.5. The van der Waals surface area contributed by atoms with E-state index in [1.807, 2.05) is 6.92 Å². The van der Waals surface area contributed by atoms with Gasteiger partial charge in [-0.15, -0.1) is 0 Å². The summed E-state index contributed by atoms with van der Waals surface area (Å²) < 4.78 is 10.8. The van der Waals surface area contributed by atoms with Gasteiger partial charge in [-0.1, -0.05) is 40.9 Å². The summed E-state index contributed by atoms with van der Waals surface area (Å²) in [5.74, 6) is 0.784. The number of rotatable bonds is 5. The van der Waals surface area contributed by atoms with Crippen molar-refractivity contribution >= 4 is 69.4 Å². The molecular weight excluding hydrogens is 443 g/mol. The molecule has 146 valence electrons. The minimum atomic E-state index is -0.285. The van der Waals surface area contributed by atoms with Crippen molar-refractivity contribution in [2.45, 2.75) is 6.92 Å². The van der Waals surface area contributed by atoms with Gasteiger partial charge < -0.3 is 14.8 Å². The van der Waals surface area contributed by atoms with Gasteiger partial charge in [-0.05, 0) is 48.5 Å². The Hall–Kier alpha value is -1.86. The van der Waals surface area contributed by atoms with Crippen molar-refractivity contribution in [3.8, 4) is 11.5 Å². The number of methoxy groups -OCH3 is 1. The van der Waals surface area contributed by atoms with Crippen LogP contribution in [0, 0.1) is 0 Å². The Morgan fingerprint density at radius 3 is 2.68 bits per heavy atom. The van der Waals surface area contributed by atoms with Gasteiger partial charge in [0.15, 0.2) is 16.7 Å². The molecule has 1 aliphatic heterocycles. The molecule has 2 aromatic carbocycles. The first-order valence-electron chi connectivity index (χ1n) is 8.16. The lowest BCUT2D eigenvalue weighted by atomic mass is 10.2. The number of carbonyl (C=O) groups excluding carboxylic acids is 1. The topological polar surface area (TPSA) is 59.9 Å². The number of benzene rings is 2. The Kier molecular flexibility index (Phi) is 6.78. The second kappa shape index (κ2) is 9.09. The van der Waals surface area contributed by atoms with Gasteiger partial charge >= 0.3 is 0 Å². The zero-order valence-corrected chi connectivity index (χ0v) is 18.0. The molecule has 1 N–H and O–H groups in total. The van der Waals surface area contributed by atoms with E-state index in [0.717, 1.165) is 0 Å². The number of hydrogen-bond acceptors (Lipinski definition) is 5. The molecule has 1 fully saturated rings. The van der Waals surface area contributed by atoms with Crippen LogP contribution in [0.25, 0.3) is 6.08 Å². The average molecular weight is 458 g/mol. The van der Waals surface area contributed by atoms with Crippen LogP contribution in [-0.4, -0.2) is 24.8 Å². The Bertz CT molecular complexity index is 993. The van der Waals surface area contributed by atoms with E-state index in [-0.39, 0.29) is 5.91 Å². The zero-order chi connectivity index (χ0) is 20.3. The van der Waals surface area contributed by atoms with Crippen molar-refractivity contribution in [1.29, 1.82) is 0 Å². The molecule has 28 heavy (non-hydrogen) atoms. The lowest BCUT2D eigenvalue weighted by molar-refractivity contribution is -0.115. The van der Waals surface area contributed by atoms with E-state index < -0.39 is 0 Å². The molecule has 0 bridgehead atoms. The standard InChI is InChI=1S/C19H15Cl3N2O3S/c1-3-27-15-7-10(12(21)9-14(15)26-2)8-16-18(25)24-19(28-16)23-13-6-4-5-11(20)17(13)22/h4-9H,3H2,1-2H3,(H,23,24,25)/b16-8+. The molecule has 5 nitrogen and oxygen atoms in total. The molecule has 9 heteroatoms. The summed E-state index contributed by atoms with van der Waals surface area (Å²) in [7, 11) is 1.54. The van der Waals surface area contributed by atoms with Crippen molar-refractivity contribution in [2.24, 2.45) is 4.99 Å². The number of aliphatic imine (C=N–C) groups is 1. The van der Waals surface area contributed by atoms with Gasteiger partial charge in [-0.25, -0.2) is 4.99 Å². The first-order chi connectivity index (χ1) is 13.4. The highest BCUT2D eigenvalue weighted by Gasteiger charge is 2.25. The first kappa shape index (κ1) is 20.9. The number of halogens is 3. The normalized spacial score (nSPS) is 16.5. The molecule has 1 heterocycles. The van der Waals surface area contributed by atoms with Crippen molar-refractivity contribution in [2.75, 3.05) is 13.7 Å². The van der Waals surface area contributed by atoms with Crippen LogP contribution in [-0.2, 0) is 4.79 Å². The summed E-state index contributed by atoms with van der Waals surface area (Å²) >= 11 is 19.7. The van der Waals surface area contributed by atoms with Crippen LogP contribution in [0.1, 0.15) is 12.5 Å². The molecule has 2 aromatic rings. The van der Waals surface area contributed by atoms with Gasteiger partial charge in [-0.2, -0.15) is 0 Å². The van der Waals surface area contributed by atoms with E-state index >= 15 is 0 Å². The van der Waals surface area contributed by atoms with Gasteiger partial charge in [0.1, 0.15) is 0 Å². The lowest BCUT2D eigenvalue weighted by Gasteiger charge is -2.11. The second-order valence-electron chi connectivity index (χ2n) is 5.51. The maximum atomic E-state index is 12.3. The zero-order valence-electron chi connectivity index (χ0n) is 14.9. The monoisotopic (exact) mass is 456 g/mol. The Morgan fingerprint density at radius 1 is 1.18 bits per heavy atom. The van der Waals surface area contributed by atoms with Crippen LogP contribution >= 0.6 is 46.6 Å². The van der Waals surface area contributed by atoms with Crippen LogP contribution in [0.2, 0.25) is 15.1 Å². The number of amides is 1. The van der Waals surface area contributed by atoms with Gasteiger partial charge in [0, 0.05) is 6.07 Å². The highest BCUT2D eigenvalue weighted by molar-refractivity contribution is 8.18. The van der Waals surface area contributed by atoms with Crippen LogP contribution in [0.5, 0.6) is 11.5 Å². The fourth-order valence-electron chi connectivity index (χ4n) is 2.40. The number of nitrogens with zero attached hydrogens (tertiary/aromatic N) is 1. The molecule has 0 aromatic heterocycles. The molecular formula is C19H15Cl3N2O3S. The van der Waals surface area contributed by atoms with Crippen molar-refractivity contribution in [3.63, 3.8) is 0 Å². The van der Waals surface area contributed by atoms with Gasteiger partial charge in [0.05, 0.1) is 39.4 Å². The van der Waals surface area contributed by atoms with Crippen molar-refractivity contribution in [1.82, 2.24) is 5.32 Å². The minimum absolute atomic E-state index is 0.285. The summed E-state index contributed by atoms with van der Waals surface area (Å²) in [6.45, 7) is 2.34. The molecule has 0 radical (unpaired) electrons. The molecule has 0 atom stereocenters. The third kappa shape index (κ3) is 4.58. The molecule has 0 unspecified atom stereocenters. The van der Waals surface area contributed by atoms with Crippen molar-refractivity contribution in [3.05, 3.63) is 55.9 Å². The average Bonchev–Trinajstić information content (AvgIpc) is 3.00. The molecule has 0 aliphatic carbocycles. The Morgan fingerprint density at radius 2 is 1.96 bits per heavy atom. The van der Waals surface area contributed by atoms with Crippen LogP contribution < -0.4 is 14.8 Å². The maximum absolute atomic E-state index is 12.3. The summed E-state index contributed by atoms with van der Waals surface area (Å²) in [5.41, 5.74) is 1.10. The summed E-state index contributed by atoms with van der Waals surface area (Å²) in [5, 5.41) is 4.25. The third-order valence-electron chi connectivity index (χ3n) is 3.67. The minimum Gasteiger partial charge on any atom is -0.493 e. The number of thioether (sulfide) groups is 1. The number of nitrogens with one attached hydrogen (secondary N) is 1. The van der Waals surface area contributed by atoms with Gasteiger partial charge in [-0.3, -0.25) is 4.79 Å². The van der Waals surface area contributed by atoms with E-state index in [9.17, 15) is 4.79 Å². The highest BCUT2D eigenvalue weighted by Crippen LogP contribution is 2.37. The maximum Gasteiger partial charge on any atom is 0.264 e. The van der Waals surface area contributed by atoms with E-state index in [1.165, 1.54) is 18.9 Å². The van der Waals surface area contributed by atoms with Gasteiger partial charge in [0.2, 0.25) is 0 Å². The molecule has 1 saturated heterocycles. The van der Waals surface area contributed by atoms with E-state index in [4.69, 9.17) is 44.3 Å². The summed E-state index contributed by atoms with van der Waals surface area (Å²) in [6.07, 6.45) is 1.67. The quantitative estimate of drug-likeness (QED) is 0.564. The van der Waals surface area contributed by atoms with Crippen LogP contribution in [0.4, 0.5) is 5.69 Å².